The van der Waals surface area contributed by atoms with Gasteiger partial charge in [-0.15, -0.1) is 0 Å². The molecule has 4 rings (SSSR count). The van der Waals surface area contributed by atoms with Crippen LogP contribution in [0.4, 0.5) is 0 Å². The Morgan fingerprint density at radius 3 is 2.50 bits per heavy atom. The monoisotopic (exact) mass is 513 g/mol. The standard InChI is InChI=1S/C27H43N5O3Si/c1-18-25-23(14-20(28-18)16-34-5)29-26(31(25)17-35-11-12-36(6,7)8)24-15-22(19-9-10-21(33)13-19)30-32(24)27(2,3)4/h14-15,19,21,33H,9-13,16-17H2,1-8H3/t19?,21-/m1/s1. The van der Waals surface area contributed by atoms with E-state index in [0.29, 0.717) is 13.3 Å². The van der Waals surface area contributed by atoms with Gasteiger partial charge in [0.15, 0.2) is 5.82 Å². The third-order valence-corrected chi connectivity index (χ3v) is 8.58. The SMILES string of the molecule is COCc1cc2nc(-c3cc(C4CC[C@@H](O)C4)nn3C(C)(C)C)n(COCC[Si](C)(C)C)c2c(C)n1. The maximum atomic E-state index is 10.1. The van der Waals surface area contributed by atoms with Crippen LogP contribution >= 0.6 is 0 Å². The number of rotatable bonds is 9. The minimum absolute atomic E-state index is 0.235. The van der Waals surface area contributed by atoms with Crippen LogP contribution in [0.5, 0.6) is 0 Å². The Bertz CT molecular complexity index is 1200. The zero-order chi connectivity index (χ0) is 26.3. The van der Waals surface area contributed by atoms with Crippen molar-refractivity contribution < 1.29 is 14.6 Å². The molecule has 0 spiro atoms. The van der Waals surface area contributed by atoms with Crippen molar-refractivity contribution in [3.63, 3.8) is 0 Å². The van der Waals surface area contributed by atoms with Crippen LogP contribution in [0.3, 0.4) is 0 Å². The van der Waals surface area contributed by atoms with Crippen molar-refractivity contribution >= 4 is 19.1 Å². The Labute approximate surface area is 216 Å². The fraction of sp³-hybridized carbons (Fsp3) is 0.667. The molecule has 1 unspecified atom stereocenters. The lowest BCUT2D eigenvalue weighted by Gasteiger charge is -2.23. The average Bonchev–Trinajstić information content (AvgIpc) is 3.46. The molecule has 0 saturated heterocycles. The van der Waals surface area contributed by atoms with Crippen LogP contribution in [-0.4, -0.2) is 57.3 Å². The van der Waals surface area contributed by atoms with Crippen LogP contribution in [0.25, 0.3) is 22.6 Å². The maximum absolute atomic E-state index is 10.1. The summed E-state index contributed by atoms with van der Waals surface area (Å²) in [6.07, 6.45) is 2.32. The normalized spacial score (nSPS) is 19.0. The fourth-order valence-electron chi connectivity index (χ4n) is 4.98. The number of pyridine rings is 1. The number of fused-ring (bicyclic) bond motifs is 1. The van der Waals surface area contributed by atoms with Gasteiger partial charge < -0.3 is 14.6 Å². The van der Waals surface area contributed by atoms with E-state index in [-0.39, 0.29) is 17.6 Å². The average molecular weight is 514 g/mol. The highest BCUT2D eigenvalue weighted by atomic mass is 28.3. The first-order chi connectivity index (χ1) is 16.9. The van der Waals surface area contributed by atoms with E-state index in [0.717, 1.165) is 71.5 Å². The van der Waals surface area contributed by atoms with Crippen molar-refractivity contribution in [1.82, 2.24) is 24.3 Å². The van der Waals surface area contributed by atoms with Crippen LogP contribution in [0, 0.1) is 6.92 Å². The molecule has 1 aliphatic carbocycles. The van der Waals surface area contributed by atoms with E-state index in [1.165, 1.54) is 0 Å². The first-order valence-corrected chi connectivity index (χ1v) is 16.8. The van der Waals surface area contributed by atoms with E-state index >= 15 is 0 Å². The van der Waals surface area contributed by atoms with E-state index in [1.807, 2.05) is 13.0 Å². The molecule has 0 aliphatic heterocycles. The van der Waals surface area contributed by atoms with Gasteiger partial charge >= 0.3 is 0 Å². The number of imidazole rings is 1. The quantitative estimate of drug-likeness (QED) is 0.303. The Morgan fingerprint density at radius 2 is 1.89 bits per heavy atom. The van der Waals surface area contributed by atoms with Crippen LogP contribution in [-0.2, 0) is 28.4 Å². The summed E-state index contributed by atoms with van der Waals surface area (Å²) >= 11 is 0. The van der Waals surface area contributed by atoms with Crippen LogP contribution in [0.1, 0.15) is 63.0 Å². The highest BCUT2D eigenvalue weighted by molar-refractivity contribution is 6.76. The second-order valence-electron chi connectivity index (χ2n) is 12.4. The number of aliphatic hydroxyl groups excluding tert-OH is 1. The molecular weight excluding hydrogens is 470 g/mol. The molecule has 36 heavy (non-hydrogen) atoms. The highest BCUT2D eigenvalue weighted by Crippen LogP contribution is 2.38. The number of hydrogen-bond acceptors (Lipinski definition) is 6. The molecule has 3 aromatic heterocycles. The van der Waals surface area contributed by atoms with E-state index < -0.39 is 8.07 Å². The summed E-state index contributed by atoms with van der Waals surface area (Å²) in [5.74, 6) is 1.11. The van der Waals surface area contributed by atoms with Gasteiger partial charge in [0.05, 0.1) is 46.4 Å². The zero-order valence-corrected chi connectivity index (χ0v) is 24.3. The Hall–Kier alpha value is -2.07. The lowest BCUT2D eigenvalue weighted by molar-refractivity contribution is 0.0907. The molecule has 0 aromatic carbocycles. The van der Waals surface area contributed by atoms with Gasteiger partial charge in [0.1, 0.15) is 12.4 Å². The first-order valence-electron chi connectivity index (χ1n) is 13.1. The molecule has 0 bridgehead atoms. The highest BCUT2D eigenvalue weighted by Gasteiger charge is 2.31. The lowest BCUT2D eigenvalue weighted by atomic mass is 10.0. The van der Waals surface area contributed by atoms with Gasteiger partial charge in [-0.05, 0) is 65.1 Å². The minimum Gasteiger partial charge on any atom is -0.393 e. The Morgan fingerprint density at radius 1 is 1.14 bits per heavy atom. The number of aryl methyl sites for hydroxylation is 1. The Kier molecular flexibility index (Phi) is 7.76. The van der Waals surface area contributed by atoms with Gasteiger partial charge in [-0.2, -0.15) is 5.10 Å². The van der Waals surface area contributed by atoms with Gasteiger partial charge in [-0.1, -0.05) is 19.6 Å². The van der Waals surface area contributed by atoms with Crippen molar-refractivity contribution in [1.29, 1.82) is 0 Å². The number of aliphatic hydroxyl groups is 1. The van der Waals surface area contributed by atoms with Crippen LogP contribution in [0.15, 0.2) is 12.1 Å². The second kappa shape index (κ2) is 10.4. The largest absolute Gasteiger partial charge is 0.393 e. The third-order valence-electron chi connectivity index (χ3n) is 6.88. The topological polar surface area (TPSA) is 87.2 Å². The van der Waals surface area contributed by atoms with Gasteiger partial charge in [-0.25, -0.2) is 4.98 Å². The molecule has 2 atom stereocenters. The summed E-state index contributed by atoms with van der Waals surface area (Å²) in [5, 5.41) is 15.2. The first kappa shape index (κ1) is 27.0. The van der Waals surface area contributed by atoms with Crippen molar-refractivity contribution in [3.8, 4) is 11.5 Å². The van der Waals surface area contributed by atoms with Crippen LogP contribution in [0.2, 0.25) is 25.7 Å². The molecule has 198 valence electrons. The molecule has 8 nitrogen and oxygen atoms in total. The summed E-state index contributed by atoms with van der Waals surface area (Å²) in [6, 6.07) is 5.30. The van der Waals surface area contributed by atoms with Gasteiger partial charge in [0.2, 0.25) is 0 Å². The van der Waals surface area contributed by atoms with E-state index in [2.05, 4.69) is 55.7 Å². The predicted molar refractivity (Wildman–Crippen MR) is 146 cm³/mol. The van der Waals surface area contributed by atoms with Crippen molar-refractivity contribution in [3.05, 3.63) is 29.2 Å². The van der Waals surface area contributed by atoms with Gasteiger partial charge in [-0.3, -0.25) is 14.2 Å². The van der Waals surface area contributed by atoms with E-state index in [1.54, 1.807) is 7.11 Å². The molecule has 1 N–H and O–H groups in total. The number of ether oxygens (including phenoxy) is 2. The van der Waals surface area contributed by atoms with Crippen molar-refractivity contribution in [2.45, 2.75) is 104 Å². The summed E-state index contributed by atoms with van der Waals surface area (Å²) in [6.45, 7) is 17.2. The van der Waals surface area contributed by atoms with E-state index in [4.69, 9.17) is 24.5 Å². The van der Waals surface area contributed by atoms with E-state index in [9.17, 15) is 5.11 Å². The molecule has 1 aliphatic rings. The number of aromatic nitrogens is 5. The van der Waals surface area contributed by atoms with Gasteiger partial charge in [0.25, 0.3) is 0 Å². The number of nitrogens with zero attached hydrogens (tertiary/aromatic N) is 5. The Balaban J connectivity index is 1.82. The second-order valence-corrected chi connectivity index (χ2v) is 18.0. The smallest absolute Gasteiger partial charge is 0.161 e. The lowest BCUT2D eigenvalue weighted by Crippen LogP contribution is -2.25. The molecule has 0 amide bonds. The molecule has 1 fully saturated rings. The van der Waals surface area contributed by atoms with Crippen molar-refractivity contribution in [2.75, 3.05) is 13.7 Å². The summed E-state index contributed by atoms with van der Waals surface area (Å²) in [4.78, 5) is 9.92. The molecular formula is C27H43N5O3Si. The molecule has 9 heteroatoms. The molecule has 3 aromatic rings. The predicted octanol–water partition coefficient (Wildman–Crippen LogP) is 5.45. The molecule has 0 radical (unpaired) electrons. The van der Waals surface area contributed by atoms with Crippen molar-refractivity contribution in [2.24, 2.45) is 0 Å². The van der Waals surface area contributed by atoms with Crippen LogP contribution < -0.4 is 0 Å². The summed E-state index contributed by atoms with van der Waals surface area (Å²) in [7, 11) is 0.481. The van der Waals surface area contributed by atoms with Gasteiger partial charge in [0, 0.05) is 27.7 Å². The zero-order valence-electron chi connectivity index (χ0n) is 23.3. The maximum Gasteiger partial charge on any atom is 0.161 e. The number of methoxy groups -OCH3 is 1. The third kappa shape index (κ3) is 5.90. The summed E-state index contributed by atoms with van der Waals surface area (Å²) in [5.41, 5.74) is 5.41. The molecule has 3 heterocycles. The fourth-order valence-corrected chi connectivity index (χ4v) is 5.74. The minimum atomic E-state index is -1.20. The summed E-state index contributed by atoms with van der Waals surface area (Å²) < 4.78 is 15.8. The number of hydrogen-bond donors (Lipinski definition) is 1. The molecule has 1 saturated carbocycles.